The first kappa shape index (κ1) is 14.4. The van der Waals surface area contributed by atoms with Crippen molar-refractivity contribution >= 4 is 17.4 Å². The van der Waals surface area contributed by atoms with E-state index in [4.69, 9.17) is 5.73 Å². The van der Waals surface area contributed by atoms with E-state index in [1.165, 1.54) is 0 Å². The first-order chi connectivity index (χ1) is 10.0. The molecule has 0 atom stereocenters. The number of hydrogen-bond donors (Lipinski definition) is 2. The van der Waals surface area contributed by atoms with Gasteiger partial charge in [0.15, 0.2) is 5.82 Å². The smallest absolute Gasteiger partial charge is 0.288 e. The number of nitrogen functional groups attached to an aromatic ring is 1. The predicted molar refractivity (Wildman–Crippen MR) is 72.2 cm³/mol. The Balaban J connectivity index is 2.13. The first-order valence-corrected chi connectivity index (χ1v) is 6.07. The van der Waals surface area contributed by atoms with E-state index < -0.39 is 10.8 Å². The predicted octanol–water partition coefficient (Wildman–Crippen LogP) is 0.113. The highest BCUT2D eigenvalue weighted by molar-refractivity contribution is 5.98. The minimum Gasteiger partial charge on any atom is -0.383 e. The fourth-order valence-electron chi connectivity index (χ4n) is 1.68. The summed E-state index contributed by atoms with van der Waals surface area (Å²) >= 11 is 0. The lowest BCUT2D eigenvalue weighted by molar-refractivity contribution is -0.385. The zero-order valence-corrected chi connectivity index (χ0v) is 11.2. The largest absolute Gasteiger partial charge is 0.383 e. The summed E-state index contributed by atoms with van der Waals surface area (Å²) in [4.78, 5) is 25.7. The molecule has 0 fully saturated rings. The number of nitrogens with one attached hydrogen (secondary N) is 1. The molecule has 1 amide bonds. The number of carbonyl (C=O) groups is 1. The lowest BCUT2D eigenvalue weighted by Gasteiger charge is -2.07. The van der Waals surface area contributed by atoms with Crippen molar-refractivity contribution in [2.75, 3.05) is 5.73 Å². The van der Waals surface area contributed by atoms with Crippen LogP contribution < -0.4 is 11.1 Å². The zero-order chi connectivity index (χ0) is 15.4. The third-order valence-electron chi connectivity index (χ3n) is 2.80. The Morgan fingerprint density at radius 3 is 3.00 bits per heavy atom. The third kappa shape index (κ3) is 3.11. The summed E-state index contributed by atoms with van der Waals surface area (Å²) in [5, 5.41) is 20.9. The molecule has 0 aliphatic rings. The minimum absolute atomic E-state index is 0.0493. The van der Waals surface area contributed by atoms with Gasteiger partial charge < -0.3 is 15.6 Å². The van der Waals surface area contributed by atoms with E-state index in [0.717, 1.165) is 12.3 Å². The molecule has 0 unspecified atom stereocenters. The SMILES string of the molecule is CCn1cnnc1CNC(=O)c1cc([N+](=O)[O-])cnc1N. The molecule has 0 bridgehead atoms. The van der Waals surface area contributed by atoms with E-state index in [-0.39, 0.29) is 23.6 Å². The third-order valence-corrected chi connectivity index (χ3v) is 2.80. The zero-order valence-electron chi connectivity index (χ0n) is 11.2. The fraction of sp³-hybridized carbons (Fsp3) is 0.273. The Morgan fingerprint density at radius 1 is 1.57 bits per heavy atom. The second-order valence-electron chi connectivity index (χ2n) is 4.10. The number of hydrogen-bond acceptors (Lipinski definition) is 7. The van der Waals surface area contributed by atoms with Crippen LogP contribution in [0, 0.1) is 10.1 Å². The quantitative estimate of drug-likeness (QED) is 0.588. The van der Waals surface area contributed by atoms with Gasteiger partial charge >= 0.3 is 0 Å². The number of nitrogens with two attached hydrogens (primary N) is 1. The Morgan fingerprint density at radius 2 is 2.33 bits per heavy atom. The van der Waals surface area contributed by atoms with Crippen molar-refractivity contribution in [2.24, 2.45) is 0 Å². The van der Waals surface area contributed by atoms with Crippen LogP contribution in [0.5, 0.6) is 0 Å². The number of amides is 1. The fourth-order valence-corrected chi connectivity index (χ4v) is 1.68. The second-order valence-corrected chi connectivity index (χ2v) is 4.10. The summed E-state index contributed by atoms with van der Waals surface area (Å²) in [6.07, 6.45) is 2.55. The molecule has 0 aliphatic carbocycles. The molecule has 21 heavy (non-hydrogen) atoms. The van der Waals surface area contributed by atoms with Gasteiger partial charge in [-0.1, -0.05) is 0 Å². The van der Waals surface area contributed by atoms with Gasteiger partial charge in [0.1, 0.15) is 18.3 Å². The van der Waals surface area contributed by atoms with Gasteiger partial charge in [-0.3, -0.25) is 14.9 Å². The molecule has 2 rings (SSSR count). The second kappa shape index (κ2) is 5.94. The molecule has 0 radical (unpaired) electrons. The molecule has 2 aromatic rings. The molecule has 0 aromatic carbocycles. The van der Waals surface area contributed by atoms with Crippen molar-refractivity contribution < 1.29 is 9.72 Å². The molecule has 0 saturated carbocycles. The number of aromatic nitrogens is 4. The van der Waals surface area contributed by atoms with E-state index in [2.05, 4.69) is 20.5 Å². The molecule has 0 spiro atoms. The van der Waals surface area contributed by atoms with Gasteiger partial charge in [-0.05, 0) is 6.92 Å². The lowest BCUT2D eigenvalue weighted by atomic mass is 10.2. The maximum absolute atomic E-state index is 12.0. The molecule has 110 valence electrons. The van der Waals surface area contributed by atoms with E-state index >= 15 is 0 Å². The number of carbonyl (C=O) groups excluding carboxylic acids is 1. The van der Waals surface area contributed by atoms with E-state index in [1.54, 1.807) is 10.9 Å². The van der Waals surface area contributed by atoms with E-state index in [0.29, 0.717) is 12.4 Å². The first-order valence-electron chi connectivity index (χ1n) is 6.07. The topological polar surface area (TPSA) is 142 Å². The molecule has 0 saturated heterocycles. The van der Waals surface area contributed by atoms with Gasteiger partial charge in [0.05, 0.1) is 17.0 Å². The highest BCUT2D eigenvalue weighted by Crippen LogP contribution is 2.16. The van der Waals surface area contributed by atoms with Crippen LogP contribution in [0.2, 0.25) is 0 Å². The van der Waals surface area contributed by atoms with Crippen LogP contribution in [-0.2, 0) is 13.1 Å². The summed E-state index contributed by atoms with van der Waals surface area (Å²) in [6.45, 7) is 2.71. The van der Waals surface area contributed by atoms with Crippen LogP contribution in [0.1, 0.15) is 23.1 Å². The number of aryl methyl sites for hydroxylation is 1. The summed E-state index contributed by atoms with van der Waals surface area (Å²) in [5.74, 6) is -0.0628. The summed E-state index contributed by atoms with van der Waals surface area (Å²) in [6, 6.07) is 1.09. The molecule has 10 nitrogen and oxygen atoms in total. The molecule has 3 N–H and O–H groups in total. The van der Waals surface area contributed by atoms with Crippen LogP contribution in [-0.4, -0.2) is 30.6 Å². The van der Waals surface area contributed by atoms with Crippen molar-refractivity contribution in [3.63, 3.8) is 0 Å². The summed E-state index contributed by atoms with van der Waals surface area (Å²) in [7, 11) is 0. The van der Waals surface area contributed by atoms with Gasteiger partial charge in [-0.25, -0.2) is 4.98 Å². The molecule has 2 aromatic heterocycles. The summed E-state index contributed by atoms with van der Waals surface area (Å²) in [5.41, 5.74) is 5.22. The number of nitro groups is 1. The summed E-state index contributed by atoms with van der Waals surface area (Å²) < 4.78 is 1.76. The van der Waals surface area contributed by atoms with Gasteiger partial charge in [-0.2, -0.15) is 0 Å². The lowest BCUT2D eigenvalue weighted by Crippen LogP contribution is -2.26. The Labute approximate surface area is 119 Å². The highest BCUT2D eigenvalue weighted by Gasteiger charge is 2.17. The average Bonchev–Trinajstić information content (AvgIpc) is 2.92. The highest BCUT2D eigenvalue weighted by atomic mass is 16.6. The van der Waals surface area contributed by atoms with Crippen molar-refractivity contribution in [3.05, 3.63) is 40.1 Å². The normalized spacial score (nSPS) is 10.3. The van der Waals surface area contributed by atoms with Crippen molar-refractivity contribution in [1.29, 1.82) is 0 Å². The maximum Gasteiger partial charge on any atom is 0.288 e. The Kier molecular flexibility index (Phi) is 4.07. The molecule has 10 heteroatoms. The van der Waals surface area contributed by atoms with Crippen LogP contribution in [0.25, 0.3) is 0 Å². The Hall–Kier alpha value is -3.04. The standard InChI is InChI=1S/C11H13N7O3/c1-2-17-6-15-16-9(17)5-14-11(19)8-3-7(18(20)21)4-13-10(8)12/h3-4,6H,2,5H2,1H3,(H2,12,13)(H,14,19). The van der Waals surface area contributed by atoms with E-state index in [9.17, 15) is 14.9 Å². The number of nitrogens with zero attached hydrogens (tertiary/aromatic N) is 5. The van der Waals surface area contributed by atoms with Crippen molar-refractivity contribution in [1.82, 2.24) is 25.1 Å². The molecular formula is C11H13N7O3. The van der Waals surface area contributed by atoms with Gasteiger partial charge in [0.2, 0.25) is 0 Å². The monoisotopic (exact) mass is 291 g/mol. The molecular weight excluding hydrogens is 278 g/mol. The van der Waals surface area contributed by atoms with Crippen LogP contribution in [0.4, 0.5) is 11.5 Å². The van der Waals surface area contributed by atoms with Gasteiger partial charge in [0.25, 0.3) is 11.6 Å². The molecule has 0 aliphatic heterocycles. The van der Waals surface area contributed by atoms with Crippen LogP contribution in [0.15, 0.2) is 18.6 Å². The average molecular weight is 291 g/mol. The number of pyridine rings is 1. The van der Waals surface area contributed by atoms with Gasteiger partial charge in [0, 0.05) is 12.6 Å². The number of rotatable bonds is 5. The van der Waals surface area contributed by atoms with Crippen molar-refractivity contribution in [3.8, 4) is 0 Å². The van der Waals surface area contributed by atoms with Crippen molar-refractivity contribution in [2.45, 2.75) is 20.0 Å². The minimum atomic E-state index is -0.642. The Bertz CT molecular complexity index is 682. The maximum atomic E-state index is 12.0. The van der Waals surface area contributed by atoms with Gasteiger partial charge in [-0.15, -0.1) is 10.2 Å². The van der Waals surface area contributed by atoms with Crippen LogP contribution in [0.3, 0.4) is 0 Å². The number of anilines is 1. The van der Waals surface area contributed by atoms with Crippen LogP contribution >= 0.6 is 0 Å². The molecule has 2 heterocycles. The van der Waals surface area contributed by atoms with E-state index in [1.807, 2.05) is 6.92 Å².